The van der Waals surface area contributed by atoms with Gasteiger partial charge in [0.25, 0.3) is 5.91 Å². The summed E-state index contributed by atoms with van der Waals surface area (Å²) in [6.45, 7) is 5.41. The van der Waals surface area contributed by atoms with E-state index in [0.29, 0.717) is 12.8 Å². The second-order valence-corrected chi connectivity index (χ2v) is 7.14. The van der Waals surface area contributed by atoms with Gasteiger partial charge in [0.2, 0.25) is 5.60 Å². The smallest absolute Gasteiger partial charge is 0.351 e. The number of carbonyl (C=O) groups excluding carboxylic acids is 2. The van der Waals surface area contributed by atoms with Gasteiger partial charge in [-0.25, -0.2) is 9.78 Å². The highest BCUT2D eigenvalue weighted by atomic mass is 35.5. The molecule has 1 aromatic rings. The van der Waals surface area contributed by atoms with E-state index < -0.39 is 17.2 Å². The van der Waals surface area contributed by atoms with Crippen molar-refractivity contribution < 1.29 is 19.1 Å². The highest BCUT2D eigenvalue weighted by Gasteiger charge is 2.55. The maximum Gasteiger partial charge on any atom is 0.351 e. The summed E-state index contributed by atoms with van der Waals surface area (Å²) in [5.41, 5.74) is -1.36. The van der Waals surface area contributed by atoms with Crippen LogP contribution in [0.3, 0.4) is 0 Å². The summed E-state index contributed by atoms with van der Waals surface area (Å²) in [6.07, 6.45) is 1.13. The van der Waals surface area contributed by atoms with Gasteiger partial charge in [0.05, 0.1) is 0 Å². The van der Waals surface area contributed by atoms with Gasteiger partial charge in [-0.15, -0.1) is 0 Å². The molecule has 1 amide bonds. The first kappa shape index (κ1) is 17.5. The van der Waals surface area contributed by atoms with E-state index >= 15 is 0 Å². The molecule has 1 fully saturated rings. The number of ether oxygens (including phenoxy) is 2. The minimum Gasteiger partial charge on any atom is -0.472 e. The van der Waals surface area contributed by atoms with Crippen molar-refractivity contribution in [3.8, 4) is 5.75 Å². The van der Waals surface area contributed by atoms with Crippen LogP contribution in [-0.4, -0.2) is 47.1 Å². The molecule has 0 atom stereocenters. The molecule has 0 unspecified atom stereocenters. The summed E-state index contributed by atoms with van der Waals surface area (Å²) in [7, 11) is 3.26. The van der Waals surface area contributed by atoms with Crippen LogP contribution in [0.5, 0.6) is 5.75 Å². The first-order valence-corrected chi connectivity index (χ1v) is 7.72. The monoisotopic (exact) mass is 340 g/mol. The lowest BCUT2D eigenvalue weighted by molar-refractivity contribution is -0.165. The Morgan fingerprint density at radius 2 is 1.87 bits per heavy atom. The minimum absolute atomic E-state index is 0.0486. The van der Waals surface area contributed by atoms with E-state index in [1.54, 1.807) is 40.9 Å². The summed E-state index contributed by atoms with van der Waals surface area (Å²) in [5, 5.41) is 0.0486. The average molecular weight is 341 g/mol. The predicted octanol–water partition coefficient (Wildman–Crippen LogP) is 2.69. The maximum atomic E-state index is 12.3. The second-order valence-electron chi connectivity index (χ2n) is 6.78. The van der Waals surface area contributed by atoms with E-state index in [-0.39, 0.29) is 22.5 Å². The molecule has 0 aliphatic heterocycles. The molecule has 0 spiro atoms. The van der Waals surface area contributed by atoms with Gasteiger partial charge in [-0.3, -0.25) is 4.79 Å². The maximum absolute atomic E-state index is 12.3. The van der Waals surface area contributed by atoms with Gasteiger partial charge >= 0.3 is 5.97 Å². The van der Waals surface area contributed by atoms with Crippen molar-refractivity contribution >= 4 is 23.5 Å². The number of halogens is 1. The SMILES string of the molecule is CN(C)C(=O)c1ccc(OC2(C(=O)OC(C)(C)C)CC2)c(Cl)n1. The fourth-order valence-corrected chi connectivity index (χ4v) is 2.08. The summed E-state index contributed by atoms with van der Waals surface area (Å²) < 4.78 is 11.1. The van der Waals surface area contributed by atoms with Crippen molar-refractivity contribution in [1.82, 2.24) is 9.88 Å². The molecule has 0 saturated heterocycles. The fraction of sp³-hybridized carbons (Fsp3) is 0.562. The lowest BCUT2D eigenvalue weighted by Crippen LogP contribution is -2.37. The van der Waals surface area contributed by atoms with Gasteiger partial charge in [-0.2, -0.15) is 0 Å². The second kappa shape index (κ2) is 6.00. The Labute approximate surface area is 140 Å². The van der Waals surface area contributed by atoms with E-state index in [2.05, 4.69) is 4.98 Å². The highest BCUT2D eigenvalue weighted by molar-refractivity contribution is 6.31. The Hall–Kier alpha value is -1.82. The largest absolute Gasteiger partial charge is 0.472 e. The lowest BCUT2D eigenvalue weighted by atomic mass is 10.2. The molecular weight excluding hydrogens is 320 g/mol. The molecule has 1 aliphatic carbocycles. The zero-order valence-electron chi connectivity index (χ0n) is 14.0. The van der Waals surface area contributed by atoms with Crippen LogP contribution in [0.25, 0.3) is 0 Å². The molecule has 0 aromatic carbocycles. The van der Waals surface area contributed by atoms with Crippen molar-refractivity contribution in [3.05, 3.63) is 23.0 Å². The van der Waals surface area contributed by atoms with E-state index in [4.69, 9.17) is 21.1 Å². The fourth-order valence-electron chi connectivity index (χ4n) is 1.89. The number of nitrogens with zero attached hydrogens (tertiary/aromatic N) is 2. The molecule has 0 N–H and O–H groups in total. The van der Waals surface area contributed by atoms with Gasteiger partial charge in [0.1, 0.15) is 11.3 Å². The van der Waals surface area contributed by atoms with E-state index in [1.807, 2.05) is 0 Å². The van der Waals surface area contributed by atoms with Crippen LogP contribution in [0, 0.1) is 0 Å². The number of rotatable bonds is 4. The lowest BCUT2D eigenvalue weighted by Gasteiger charge is -2.24. The normalized spacial score (nSPS) is 15.7. The molecule has 1 aliphatic rings. The minimum atomic E-state index is -0.994. The molecule has 1 saturated carbocycles. The molecule has 0 radical (unpaired) electrons. The number of esters is 1. The van der Waals surface area contributed by atoms with Crippen molar-refractivity contribution in [2.75, 3.05) is 14.1 Å². The third-order valence-electron chi connectivity index (χ3n) is 3.22. The van der Waals surface area contributed by atoms with E-state index in [9.17, 15) is 9.59 Å². The van der Waals surface area contributed by atoms with Crippen molar-refractivity contribution in [3.63, 3.8) is 0 Å². The Morgan fingerprint density at radius 1 is 1.26 bits per heavy atom. The predicted molar refractivity (Wildman–Crippen MR) is 85.7 cm³/mol. The Morgan fingerprint density at radius 3 is 2.30 bits per heavy atom. The van der Waals surface area contributed by atoms with Crippen molar-refractivity contribution in [2.24, 2.45) is 0 Å². The van der Waals surface area contributed by atoms with Gasteiger partial charge in [0, 0.05) is 26.9 Å². The summed E-state index contributed by atoms with van der Waals surface area (Å²) in [6, 6.07) is 3.07. The van der Waals surface area contributed by atoms with E-state index in [0.717, 1.165) is 0 Å². The Bertz CT molecular complexity index is 633. The zero-order chi connectivity index (χ0) is 17.4. The number of hydrogen-bond acceptors (Lipinski definition) is 5. The van der Waals surface area contributed by atoms with Crippen LogP contribution in [0.2, 0.25) is 5.15 Å². The number of aromatic nitrogens is 1. The first-order valence-electron chi connectivity index (χ1n) is 7.35. The number of amides is 1. The van der Waals surface area contributed by atoms with Gasteiger partial charge < -0.3 is 14.4 Å². The van der Waals surface area contributed by atoms with Crippen molar-refractivity contribution in [1.29, 1.82) is 0 Å². The quantitative estimate of drug-likeness (QED) is 0.622. The van der Waals surface area contributed by atoms with Crippen LogP contribution in [0.4, 0.5) is 0 Å². The summed E-state index contributed by atoms with van der Waals surface area (Å²) in [4.78, 5) is 29.6. The van der Waals surface area contributed by atoms with Crippen LogP contribution >= 0.6 is 11.6 Å². The van der Waals surface area contributed by atoms with Crippen molar-refractivity contribution in [2.45, 2.75) is 44.8 Å². The third kappa shape index (κ3) is 4.13. The van der Waals surface area contributed by atoms with Crippen LogP contribution in [0.1, 0.15) is 44.1 Å². The number of pyridine rings is 1. The Kier molecular flexibility index (Phi) is 4.57. The first-order chi connectivity index (χ1) is 10.5. The molecule has 2 rings (SSSR count). The summed E-state index contributed by atoms with van der Waals surface area (Å²) in [5.74, 6) is -0.397. The molecule has 7 heteroatoms. The van der Waals surface area contributed by atoms with E-state index in [1.165, 1.54) is 11.0 Å². The highest BCUT2D eigenvalue weighted by Crippen LogP contribution is 2.43. The molecule has 6 nitrogen and oxygen atoms in total. The molecule has 126 valence electrons. The molecule has 1 heterocycles. The number of hydrogen-bond donors (Lipinski definition) is 0. The van der Waals surface area contributed by atoms with Crippen LogP contribution in [-0.2, 0) is 9.53 Å². The third-order valence-corrected chi connectivity index (χ3v) is 3.49. The molecular formula is C16H21ClN2O4. The topological polar surface area (TPSA) is 68.7 Å². The van der Waals surface area contributed by atoms with Gasteiger partial charge in [0.15, 0.2) is 10.9 Å². The van der Waals surface area contributed by atoms with Crippen LogP contribution in [0.15, 0.2) is 12.1 Å². The van der Waals surface area contributed by atoms with Gasteiger partial charge in [-0.1, -0.05) is 11.6 Å². The number of carbonyl (C=O) groups is 2. The molecule has 0 bridgehead atoms. The standard InChI is InChI=1S/C16H21ClN2O4/c1-15(2,3)23-14(21)16(8-9-16)22-11-7-6-10(18-12(11)17)13(20)19(4)5/h6-7H,8-9H2,1-5H3. The molecule has 23 heavy (non-hydrogen) atoms. The summed E-state index contributed by atoms with van der Waals surface area (Å²) >= 11 is 6.09. The molecule has 1 aromatic heterocycles. The zero-order valence-corrected chi connectivity index (χ0v) is 14.7. The average Bonchev–Trinajstić information content (AvgIpc) is 3.19. The van der Waals surface area contributed by atoms with Gasteiger partial charge in [-0.05, 0) is 32.9 Å². The van der Waals surface area contributed by atoms with Crippen LogP contribution < -0.4 is 4.74 Å². The Balaban J connectivity index is 2.15.